The average molecular weight is 488 g/mol. The smallest absolute Gasteiger partial charge is 0.303 e. The van der Waals surface area contributed by atoms with Gasteiger partial charge in [0.1, 0.15) is 0 Å². The number of rotatable bonds is 4. The quantitative estimate of drug-likeness (QED) is 0.466. The van der Waals surface area contributed by atoms with Crippen LogP contribution in [-0.2, 0) is 10.2 Å². The Balaban J connectivity index is 1.43. The van der Waals surface area contributed by atoms with Gasteiger partial charge in [-0.05, 0) is 73.5 Å². The van der Waals surface area contributed by atoms with Gasteiger partial charge in [0.15, 0.2) is 0 Å². The summed E-state index contributed by atoms with van der Waals surface area (Å²) in [5.41, 5.74) is 5.98. The Morgan fingerprint density at radius 2 is 1.77 bits per heavy atom. The molecule has 0 aliphatic carbocycles. The van der Waals surface area contributed by atoms with Crippen LogP contribution in [0.25, 0.3) is 22.2 Å². The first-order valence-electron chi connectivity index (χ1n) is 11.2. The summed E-state index contributed by atoms with van der Waals surface area (Å²) >= 11 is 0. The number of fused-ring (bicyclic) bond motifs is 1. The van der Waals surface area contributed by atoms with Crippen LogP contribution in [0.3, 0.4) is 0 Å². The molecular weight excluding hydrogens is 462 g/mol. The van der Waals surface area contributed by atoms with Crippen LogP contribution in [0.1, 0.15) is 21.5 Å². The van der Waals surface area contributed by atoms with E-state index in [9.17, 15) is 13.2 Å². The van der Waals surface area contributed by atoms with Crippen LogP contribution in [0, 0.1) is 13.8 Å². The Morgan fingerprint density at radius 3 is 2.51 bits per heavy atom. The van der Waals surface area contributed by atoms with Gasteiger partial charge < -0.3 is 5.32 Å². The van der Waals surface area contributed by atoms with E-state index in [4.69, 9.17) is 0 Å². The number of carbonyl (C=O) groups is 1. The van der Waals surface area contributed by atoms with Gasteiger partial charge in [-0.1, -0.05) is 6.07 Å². The first-order valence-corrected chi connectivity index (χ1v) is 12.6. The largest absolute Gasteiger partial charge is 0.322 e. The van der Waals surface area contributed by atoms with Crippen LogP contribution in [0.15, 0.2) is 67.0 Å². The number of nitrogens with zero attached hydrogens (tertiary/aromatic N) is 4. The van der Waals surface area contributed by atoms with Crippen LogP contribution in [-0.4, -0.2) is 48.7 Å². The molecule has 0 spiro atoms. The maximum atomic E-state index is 13.1. The third-order valence-corrected chi connectivity index (χ3v) is 8.23. The van der Waals surface area contributed by atoms with Crippen molar-refractivity contribution in [3.8, 4) is 11.3 Å². The van der Waals surface area contributed by atoms with E-state index < -0.39 is 10.2 Å². The van der Waals surface area contributed by atoms with Crippen molar-refractivity contribution >= 4 is 38.4 Å². The zero-order valence-corrected chi connectivity index (χ0v) is 20.5. The lowest BCUT2D eigenvalue weighted by atomic mass is 10.0. The Kier molecular flexibility index (Phi) is 5.74. The van der Waals surface area contributed by atoms with Crippen molar-refractivity contribution in [2.24, 2.45) is 0 Å². The Labute approximate surface area is 204 Å². The molecule has 1 N–H and O–H groups in total. The van der Waals surface area contributed by atoms with Gasteiger partial charge in [-0.25, -0.2) is 0 Å². The molecule has 0 saturated carbocycles. The van der Waals surface area contributed by atoms with E-state index in [1.54, 1.807) is 44.6 Å². The van der Waals surface area contributed by atoms with E-state index in [0.29, 0.717) is 35.6 Å². The van der Waals surface area contributed by atoms with Gasteiger partial charge >= 0.3 is 10.2 Å². The molecule has 178 valence electrons. The second-order valence-corrected chi connectivity index (χ2v) is 10.6. The molecule has 0 radical (unpaired) electrons. The second-order valence-electron chi connectivity index (χ2n) is 8.61. The minimum atomic E-state index is -3.51. The van der Waals surface area contributed by atoms with Crippen molar-refractivity contribution in [3.63, 3.8) is 0 Å². The maximum absolute atomic E-state index is 13.1. The Morgan fingerprint density at radius 1 is 0.943 bits per heavy atom. The lowest BCUT2D eigenvalue weighted by molar-refractivity contribution is 0.102. The third kappa shape index (κ3) is 4.13. The second kappa shape index (κ2) is 8.75. The first kappa shape index (κ1) is 22.9. The maximum Gasteiger partial charge on any atom is 0.303 e. The normalized spacial score (nSPS) is 15.5. The van der Waals surface area contributed by atoms with Crippen LogP contribution >= 0.6 is 0 Å². The van der Waals surface area contributed by atoms with Crippen molar-refractivity contribution in [1.29, 1.82) is 0 Å². The van der Waals surface area contributed by atoms with Crippen LogP contribution < -0.4 is 9.62 Å². The lowest BCUT2D eigenvalue weighted by Gasteiger charge is -2.19. The highest BCUT2D eigenvalue weighted by Crippen LogP contribution is 2.31. The van der Waals surface area contributed by atoms with Crippen LogP contribution in [0.2, 0.25) is 0 Å². The molecule has 1 aliphatic heterocycles. The zero-order chi connectivity index (χ0) is 24.7. The van der Waals surface area contributed by atoms with Gasteiger partial charge in [0, 0.05) is 54.7 Å². The highest BCUT2D eigenvalue weighted by molar-refractivity contribution is 7.90. The molecule has 3 heterocycles. The predicted octanol–water partition coefficient (Wildman–Crippen LogP) is 4.16. The van der Waals surface area contributed by atoms with Crippen molar-refractivity contribution < 1.29 is 13.2 Å². The van der Waals surface area contributed by atoms with Gasteiger partial charge in [0.2, 0.25) is 0 Å². The zero-order valence-electron chi connectivity index (χ0n) is 19.7. The first-order chi connectivity index (χ1) is 16.8. The fourth-order valence-electron chi connectivity index (χ4n) is 4.32. The summed E-state index contributed by atoms with van der Waals surface area (Å²) in [6.07, 6.45) is 3.49. The number of hydrogen-bond acceptors (Lipinski definition) is 5. The number of carbonyl (C=O) groups excluding carboxylic acids is 1. The van der Waals surface area contributed by atoms with E-state index in [2.05, 4.69) is 15.3 Å². The number of hydrogen-bond donors (Lipinski definition) is 1. The van der Waals surface area contributed by atoms with E-state index in [0.717, 1.165) is 27.7 Å². The molecule has 8 nitrogen and oxygen atoms in total. The topological polar surface area (TPSA) is 95.5 Å². The predicted molar refractivity (Wildman–Crippen MR) is 138 cm³/mol. The van der Waals surface area contributed by atoms with E-state index >= 15 is 0 Å². The van der Waals surface area contributed by atoms with Gasteiger partial charge in [-0.15, -0.1) is 0 Å². The number of pyridine rings is 2. The highest BCUT2D eigenvalue weighted by Gasteiger charge is 2.34. The van der Waals surface area contributed by atoms with Crippen molar-refractivity contribution in [3.05, 3.63) is 83.7 Å². The number of aryl methyl sites for hydroxylation is 2. The minimum absolute atomic E-state index is 0.266. The molecule has 5 rings (SSSR count). The number of likely N-dealkylation sites (N-methyl/N-ethyl adjacent to an activating group) is 1. The summed E-state index contributed by atoms with van der Waals surface area (Å²) in [6, 6.07) is 16.5. The van der Waals surface area contributed by atoms with E-state index in [1.165, 1.54) is 8.61 Å². The Hall–Kier alpha value is -3.82. The molecule has 1 aliphatic rings. The standard InChI is InChI=1S/C26H25N5O3S/c1-17-6-7-19(16-23(17)25-22-5-4-11-27-24(22)10-12-28-25)29-26(32)21-9-8-20(15-18(21)2)31-14-13-30(3)35(31,33)34/h4-12,15-16H,13-14H2,1-3H3,(H,29,32). The summed E-state index contributed by atoms with van der Waals surface area (Å²) in [5.74, 6) is -0.266. The van der Waals surface area contributed by atoms with Crippen molar-refractivity contribution in [1.82, 2.24) is 14.3 Å². The monoisotopic (exact) mass is 487 g/mol. The van der Waals surface area contributed by atoms with Gasteiger partial charge in [0.05, 0.1) is 16.9 Å². The van der Waals surface area contributed by atoms with Gasteiger partial charge in [-0.3, -0.25) is 19.1 Å². The Bertz CT molecular complexity index is 1560. The SMILES string of the molecule is Cc1cc(N2CCN(C)S2(=O)=O)ccc1C(=O)Nc1ccc(C)c(-c2nccc3ncccc23)c1. The molecule has 9 heteroatoms. The summed E-state index contributed by atoms with van der Waals surface area (Å²) in [7, 11) is -1.95. The van der Waals surface area contributed by atoms with Gasteiger partial charge in [-0.2, -0.15) is 12.7 Å². The summed E-state index contributed by atoms with van der Waals surface area (Å²) in [5, 5.41) is 3.91. The lowest BCUT2D eigenvalue weighted by Crippen LogP contribution is -2.30. The molecule has 2 aromatic heterocycles. The fraction of sp³-hybridized carbons (Fsp3) is 0.192. The number of benzene rings is 2. The third-order valence-electron chi connectivity index (χ3n) is 6.31. The van der Waals surface area contributed by atoms with Crippen molar-refractivity contribution in [2.45, 2.75) is 13.8 Å². The minimum Gasteiger partial charge on any atom is -0.322 e. The molecule has 1 amide bonds. The van der Waals surface area contributed by atoms with Crippen molar-refractivity contribution in [2.75, 3.05) is 29.8 Å². The molecule has 4 aromatic rings. The van der Waals surface area contributed by atoms with Crippen LogP contribution in [0.5, 0.6) is 0 Å². The molecular formula is C26H25N5O3S. The van der Waals surface area contributed by atoms with Crippen LogP contribution in [0.4, 0.5) is 11.4 Å². The molecule has 2 aromatic carbocycles. The number of anilines is 2. The molecule has 0 atom stereocenters. The number of amides is 1. The number of aromatic nitrogens is 2. The van der Waals surface area contributed by atoms with Gasteiger partial charge in [0.25, 0.3) is 5.91 Å². The number of nitrogens with one attached hydrogen (secondary N) is 1. The molecule has 0 bridgehead atoms. The summed E-state index contributed by atoms with van der Waals surface area (Å²) in [6.45, 7) is 4.62. The molecule has 1 saturated heterocycles. The summed E-state index contributed by atoms with van der Waals surface area (Å²) in [4.78, 5) is 22.1. The molecule has 0 unspecified atom stereocenters. The fourth-order valence-corrected chi connectivity index (χ4v) is 5.66. The highest BCUT2D eigenvalue weighted by atomic mass is 32.2. The summed E-state index contributed by atoms with van der Waals surface area (Å²) < 4.78 is 27.7. The molecule has 35 heavy (non-hydrogen) atoms. The van der Waals surface area contributed by atoms with E-state index in [-0.39, 0.29) is 5.91 Å². The average Bonchev–Trinajstić information content (AvgIpc) is 3.11. The van der Waals surface area contributed by atoms with E-state index in [1.807, 2.05) is 43.3 Å². The molecule has 1 fully saturated rings.